The van der Waals surface area contributed by atoms with Crippen LogP contribution in [0.15, 0.2) is 12.2 Å². The van der Waals surface area contributed by atoms with Gasteiger partial charge >= 0.3 is 0 Å². The van der Waals surface area contributed by atoms with Crippen molar-refractivity contribution in [2.75, 3.05) is 0 Å². The molecule has 0 bridgehead atoms. The Morgan fingerprint density at radius 3 is 1.33 bits per heavy atom. The largest absolute Gasteiger partial charge is 0.0858 e. The molecule has 0 aromatic carbocycles. The average Bonchev–Trinajstić information content (AvgIpc) is 1.78. The van der Waals surface area contributed by atoms with Gasteiger partial charge in [0.2, 0.25) is 0 Å². The molecule has 1 aliphatic rings. The molecule has 2 radical (unpaired) electrons. The zero-order valence-electron chi connectivity index (χ0n) is 6.65. The van der Waals surface area contributed by atoms with Gasteiger partial charge in [-0.3, -0.25) is 0 Å². The quantitative estimate of drug-likeness (QED) is 0.356. The summed E-state index contributed by atoms with van der Waals surface area (Å²) in [6.45, 7) is 9.21. The van der Waals surface area contributed by atoms with Crippen LogP contribution in [0.4, 0.5) is 0 Å². The molecule has 1 heteroatoms. The topological polar surface area (TPSA) is 0 Å². The van der Waals surface area contributed by atoms with Crippen LogP contribution in [-0.4, -0.2) is 9.52 Å². The molecular formula is C8H14Si. The van der Waals surface area contributed by atoms with Gasteiger partial charge in [-0.1, -0.05) is 39.8 Å². The average molecular weight is 138 g/mol. The van der Waals surface area contributed by atoms with E-state index < -0.39 is 0 Å². The maximum atomic E-state index is 2.34. The van der Waals surface area contributed by atoms with Crippen LogP contribution in [0.5, 0.6) is 0 Å². The maximum Gasteiger partial charge on any atom is 0.0620 e. The van der Waals surface area contributed by atoms with E-state index in [4.69, 9.17) is 0 Å². The van der Waals surface area contributed by atoms with E-state index in [0.29, 0.717) is 10.1 Å². The van der Waals surface area contributed by atoms with Gasteiger partial charge in [-0.15, -0.1) is 0 Å². The van der Waals surface area contributed by atoms with Crippen molar-refractivity contribution in [2.24, 2.45) is 0 Å². The molecule has 1 rings (SSSR count). The lowest BCUT2D eigenvalue weighted by atomic mass is 10.1. The van der Waals surface area contributed by atoms with Gasteiger partial charge < -0.3 is 0 Å². The summed E-state index contributed by atoms with van der Waals surface area (Å²) in [4.78, 5) is 0. The second kappa shape index (κ2) is 1.72. The Morgan fingerprint density at radius 2 is 1.22 bits per heavy atom. The normalized spacial score (nSPS) is 28.9. The summed E-state index contributed by atoms with van der Waals surface area (Å²) in [7, 11) is 1.05. The lowest BCUT2D eigenvalue weighted by Crippen LogP contribution is -2.13. The minimum Gasteiger partial charge on any atom is -0.0858 e. The third-order valence-electron chi connectivity index (χ3n) is 1.56. The van der Waals surface area contributed by atoms with Gasteiger partial charge in [-0.25, -0.2) is 0 Å². The lowest BCUT2D eigenvalue weighted by Gasteiger charge is -2.20. The lowest BCUT2D eigenvalue weighted by molar-refractivity contribution is 0.814. The monoisotopic (exact) mass is 138 g/mol. The predicted molar refractivity (Wildman–Crippen MR) is 43.0 cm³/mol. The van der Waals surface area contributed by atoms with Crippen LogP contribution < -0.4 is 0 Å². The Kier molecular flexibility index (Phi) is 1.35. The molecule has 0 saturated carbocycles. The van der Waals surface area contributed by atoms with E-state index in [1.165, 1.54) is 0 Å². The number of rotatable bonds is 0. The van der Waals surface area contributed by atoms with E-state index in [-0.39, 0.29) is 0 Å². The van der Waals surface area contributed by atoms with E-state index in [1.54, 1.807) is 0 Å². The molecule has 0 N–H and O–H groups in total. The molecule has 0 unspecified atom stereocenters. The first-order chi connectivity index (χ1) is 3.91. The fourth-order valence-electron chi connectivity index (χ4n) is 1.33. The molecule has 0 spiro atoms. The Hall–Kier alpha value is -0.0431. The third-order valence-corrected chi connectivity index (χ3v) is 3.18. The predicted octanol–water partition coefficient (Wildman–Crippen LogP) is 2.66. The highest BCUT2D eigenvalue weighted by atomic mass is 28.2. The standard InChI is InChI=1S/C8H14Si/c1-7(2)5-6-8(3,4)9-7/h5-6H,1-4H3. The minimum atomic E-state index is 0.476. The second-order valence-electron chi connectivity index (χ2n) is 3.90. The van der Waals surface area contributed by atoms with Crippen molar-refractivity contribution in [3.05, 3.63) is 12.2 Å². The molecule has 1 heterocycles. The summed E-state index contributed by atoms with van der Waals surface area (Å²) >= 11 is 0. The first kappa shape index (κ1) is 7.07. The summed E-state index contributed by atoms with van der Waals surface area (Å²) in [5, 5.41) is 0.951. The van der Waals surface area contributed by atoms with Crippen LogP contribution >= 0.6 is 0 Å². The molecule has 0 atom stereocenters. The molecule has 0 aromatic rings. The van der Waals surface area contributed by atoms with E-state index >= 15 is 0 Å². The molecular weight excluding hydrogens is 124 g/mol. The zero-order valence-corrected chi connectivity index (χ0v) is 7.65. The molecule has 50 valence electrons. The van der Waals surface area contributed by atoms with Gasteiger partial charge in [0.05, 0.1) is 9.52 Å². The summed E-state index contributed by atoms with van der Waals surface area (Å²) in [6.07, 6.45) is 4.68. The van der Waals surface area contributed by atoms with E-state index in [1.807, 2.05) is 0 Å². The molecule has 0 fully saturated rings. The van der Waals surface area contributed by atoms with Gasteiger partial charge in [-0.05, 0) is 10.1 Å². The molecule has 0 aromatic heterocycles. The summed E-state index contributed by atoms with van der Waals surface area (Å²) in [5.41, 5.74) is 0. The van der Waals surface area contributed by atoms with Crippen LogP contribution in [0.1, 0.15) is 27.7 Å². The zero-order chi connectivity index (χ0) is 7.12. The Bertz CT molecular complexity index is 127. The van der Waals surface area contributed by atoms with Crippen LogP contribution in [-0.2, 0) is 0 Å². The summed E-state index contributed by atoms with van der Waals surface area (Å²) in [5.74, 6) is 0. The van der Waals surface area contributed by atoms with Crippen LogP contribution in [0.25, 0.3) is 0 Å². The highest BCUT2D eigenvalue weighted by Gasteiger charge is 2.31. The molecule has 1 aliphatic heterocycles. The van der Waals surface area contributed by atoms with Crippen molar-refractivity contribution in [1.82, 2.24) is 0 Å². The van der Waals surface area contributed by atoms with Gasteiger partial charge in [0.25, 0.3) is 0 Å². The highest BCUT2D eigenvalue weighted by molar-refractivity contribution is 6.47. The molecule has 9 heavy (non-hydrogen) atoms. The van der Waals surface area contributed by atoms with Crippen molar-refractivity contribution < 1.29 is 0 Å². The van der Waals surface area contributed by atoms with Gasteiger partial charge in [0.15, 0.2) is 0 Å². The number of allylic oxidation sites excluding steroid dienone is 2. The van der Waals surface area contributed by atoms with Crippen molar-refractivity contribution in [2.45, 2.75) is 37.8 Å². The van der Waals surface area contributed by atoms with E-state index in [2.05, 4.69) is 39.8 Å². The smallest absolute Gasteiger partial charge is 0.0620 e. The maximum absolute atomic E-state index is 2.34. The van der Waals surface area contributed by atoms with E-state index in [9.17, 15) is 0 Å². The van der Waals surface area contributed by atoms with Crippen molar-refractivity contribution in [1.29, 1.82) is 0 Å². The molecule has 0 saturated heterocycles. The highest BCUT2D eigenvalue weighted by Crippen LogP contribution is 2.44. The third kappa shape index (κ3) is 1.68. The van der Waals surface area contributed by atoms with Crippen LogP contribution in [0.3, 0.4) is 0 Å². The van der Waals surface area contributed by atoms with Crippen molar-refractivity contribution >= 4 is 9.52 Å². The number of hydrogen-bond donors (Lipinski definition) is 0. The van der Waals surface area contributed by atoms with Crippen LogP contribution in [0, 0.1) is 0 Å². The molecule has 0 aliphatic carbocycles. The van der Waals surface area contributed by atoms with Crippen LogP contribution in [0.2, 0.25) is 10.1 Å². The fourth-order valence-corrected chi connectivity index (χ4v) is 3.32. The van der Waals surface area contributed by atoms with Crippen molar-refractivity contribution in [3.63, 3.8) is 0 Å². The summed E-state index contributed by atoms with van der Waals surface area (Å²) in [6, 6.07) is 0. The van der Waals surface area contributed by atoms with E-state index in [0.717, 1.165) is 9.52 Å². The SMILES string of the molecule is CC1(C)C=CC(C)(C)[Si]1. The van der Waals surface area contributed by atoms with Gasteiger partial charge in [0.1, 0.15) is 0 Å². The van der Waals surface area contributed by atoms with Gasteiger partial charge in [-0.2, -0.15) is 0 Å². The van der Waals surface area contributed by atoms with Gasteiger partial charge in [0, 0.05) is 0 Å². The molecule has 0 amide bonds. The first-order valence-electron chi connectivity index (χ1n) is 3.41. The second-order valence-corrected chi connectivity index (χ2v) is 6.73. The summed E-state index contributed by atoms with van der Waals surface area (Å²) < 4.78 is 0. The Morgan fingerprint density at radius 1 is 0.889 bits per heavy atom. The first-order valence-corrected chi connectivity index (χ1v) is 4.41. The molecule has 0 nitrogen and oxygen atoms in total. The Labute approximate surface area is 60.2 Å². The number of hydrogen-bond acceptors (Lipinski definition) is 0. The fraction of sp³-hybridized carbons (Fsp3) is 0.750. The Balaban J connectivity index is 2.71. The van der Waals surface area contributed by atoms with Crippen molar-refractivity contribution in [3.8, 4) is 0 Å². The minimum absolute atomic E-state index is 0.476.